The third-order valence-electron chi connectivity index (χ3n) is 10.6. The van der Waals surface area contributed by atoms with E-state index in [0.717, 1.165) is 12.8 Å². The second kappa shape index (κ2) is 18.0. The van der Waals surface area contributed by atoms with Gasteiger partial charge in [-0.2, -0.15) is 0 Å². The van der Waals surface area contributed by atoms with Crippen LogP contribution in [0.4, 0.5) is 0 Å². The standard InChI is InChI=1S/C44H54N2O8/c1-7-15-35(47)43(3,4)37-21-13-19-31-25-29(31)17-9-12-24-40-46-34(28-52-40)42(50)54-38(44(5,6)36(48)16-8-2)22-14-20-32-26-30(32)18-10-11-23-39-45-33(27-51-39)41(49)53-37/h7-20,23-24,27-32,35-38,47-48H,21-22,25-26H2,1-6H3/b15-7+,16-8+,17-9+,18-10+,19-13-,20-14-,23-11-,24-12-/t29-,30-,31+,32?,35+,36+,37+,38+/m1/s1. The van der Waals surface area contributed by atoms with Gasteiger partial charge in [0, 0.05) is 35.8 Å². The maximum absolute atomic E-state index is 13.3. The number of carbonyl (C=O) groups excluding carboxylic acids is 2. The Labute approximate surface area is 318 Å². The van der Waals surface area contributed by atoms with Crippen LogP contribution in [0, 0.1) is 34.5 Å². The van der Waals surface area contributed by atoms with Crippen molar-refractivity contribution in [1.82, 2.24) is 9.97 Å². The van der Waals surface area contributed by atoms with Crippen molar-refractivity contribution in [3.63, 3.8) is 0 Å². The molecule has 5 rings (SSSR count). The molecule has 4 bridgehead atoms. The molecule has 2 aromatic heterocycles. The summed E-state index contributed by atoms with van der Waals surface area (Å²) < 4.78 is 23.0. The normalized spacial score (nSPS) is 30.5. The van der Waals surface area contributed by atoms with Gasteiger partial charge in [0.2, 0.25) is 11.8 Å². The second-order valence-electron chi connectivity index (χ2n) is 15.5. The molecule has 2 saturated carbocycles. The minimum Gasteiger partial charge on any atom is -0.457 e. The average Bonchev–Trinajstić information content (AvgIpc) is 3.93. The fourth-order valence-corrected chi connectivity index (χ4v) is 6.34. The first-order valence-corrected chi connectivity index (χ1v) is 18.8. The van der Waals surface area contributed by atoms with E-state index < -0.39 is 47.2 Å². The SMILES string of the molecule is C/C=C/[C@H](O)C(C)(C)[C@@H]1C/C=C\[C@H]2C[C@H]2/C=C/C=C\c2nc(co2)C(=O)O[C@H](C(C)(C)[C@@H](O)/C=C/C)C/C=C\C2C[C@H]2/C=C/C=C\c2nc(co2)C(=O)O1. The van der Waals surface area contributed by atoms with Crippen LogP contribution in [-0.4, -0.2) is 56.5 Å². The highest BCUT2D eigenvalue weighted by Gasteiger charge is 2.40. The van der Waals surface area contributed by atoms with Gasteiger partial charge in [-0.05, 0) is 50.4 Å². The highest BCUT2D eigenvalue weighted by molar-refractivity contribution is 5.87. The summed E-state index contributed by atoms with van der Waals surface area (Å²) >= 11 is 0. The van der Waals surface area contributed by atoms with Gasteiger partial charge in [0.15, 0.2) is 11.4 Å². The molecule has 2 fully saturated rings. The molecule has 3 heterocycles. The van der Waals surface area contributed by atoms with E-state index in [-0.39, 0.29) is 23.2 Å². The van der Waals surface area contributed by atoms with Gasteiger partial charge in [0.1, 0.15) is 24.7 Å². The van der Waals surface area contributed by atoms with Crippen LogP contribution in [-0.2, 0) is 9.47 Å². The van der Waals surface area contributed by atoms with E-state index in [9.17, 15) is 19.8 Å². The molecule has 10 nitrogen and oxygen atoms in total. The molecule has 1 unspecified atom stereocenters. The molecule has 288 valence electrons. The summed E-state index contributed by atoms with van der Waals surface area (Å²) in [5.41, 5.74) is -1.45. The van der Waals surface area contributed by atoms with Crippen LogP contribution >= 0.6 is 0 Å². The second-order valence-corrected chi connectivity index (χ2v) is 15.5. The molecule has 0 spiro atoms. The van der Waals surface area contributed by atoms with Gasteiger partial charge in [-0.15, -0.1) is 0 Å². The van der Waals surface area contributed by atoms with E-state index in [2.05, 4.69) is 34.3 Å². The van der Waals surface area contributed by atoms with Crippen LogP contribution in [0.1, 0.15) is 100.0 Å². The van der Waals surface area contributed by atoms with E-state index in [4.69, 9.17) is 18.3 Å². The fraction of sp³-hybridized carbons (Fsp3) is 0.455. The Kier molecular flexibility index (Phi) is 13.5. The van der Waals surface area contributed by atoms with E-state index in [0.29, 0.717) is 36.5 Å². The van der Waals surface area contributed by atoms with Gasteiger partial charge in [0.25, 0.3) is 0 Å². The molecule has 0 amide bonds. The van der Waals surface area contributed by atoms with E-state index in [1.165, 1.54) is 12.5 Å². The number of hydrogen-bond donors (Lipinski definition) is 2. The number of nitrogens with zero attached hydrogens (tertiary/aromatic N) is 2. The minimum atomic E-state index is -0.833. The van der Waals surface area contributed by atoms with Crippen molar-refractivity contribution in [2.75, 3.05) is 0 Å². The van der Waals surface area contributed by atoms with Gasteiger partial charge in [-0.3, -0.25) is 0 Å². The number of oxazole rings is 2. The van der Waals surface area contributed by atoms with Crippen molar-refractivity contribution in [3.05, 3.63) is 121 Å². The van der Waals surface area contributed by atoms with Gasteiger partial charge in [-0.1, -0.05) is 113 Å². The Morgan fingerprint density at radius 3 is 1.43 bits per heavy atom. The minimum absolute atomic E-state index is 0.0582. The van der Waals surface area contributed by atoms with Crippen LogP contribution in [0.15, 0.2) is 106 Å². The zero-order valence-corrected chi connectivity index (χ0v) is 32.1. The third-order valence-corrected chi connectivity index (χ3v) is 10.6. The number of cyclic esters (lactones) is 2. The Morgan fingerprint density at radius 2 is 1.04 bits per heavy atom. The summed E-state index contributed by atoms with van der Waals surface area (Å²) in [7, 11) is 0. The summed E-state index contributed by atoms with van der Waals surface area (Å²) in [6.45, 7) is 11.2. The fourth-order valence-electron chi connectivity index (χ4n) is 6.34. The number of allylic oxidation sites excluding steroid dienone is 10. The third kappa shape index (κ3) is 10.7. The van der Waals surface area contributed by atoms with Crippen LogP contribution in [0.25, 0.3) is 12.2 Å². The smallest absolute Gasteiger partial charge is 0.360 e. The molecule has 0 radical (unpaired) electrons. The predicted octanol–water partition coefficient (Wildman–Crippen LogP) is 8.66. The summed E-state index contributed by atoms with van der Waals surface area (Å²) in [6, 6.07) is 0. The molecule has 0 aromatic carbocycles. The highest BCUT2D eigenvalue weighted by Crippen LogP contribution is 2.42. The van der Waals surface area contributed by atoms with Gasteiger partial charge < -0.3 is 28.5 Å². The molecule has 8 atom stereocenters. The number of fused-ring (bicyclic) bond motifs is 6. The molecule has 1 aliphatic heterocycles. The number of rotatable bonds is 6. The number of aromatic nitrogens is 2. The molecule has 54 heavy (non-hydrogen) atoms. The zero-order valence-electron chi connectivity index (χ0n) is 32.1. The summed E-state index contributed by atoms with van der Waals surface area (Å²) in [5.74, 6) is 0.676. The van der Waals surface area contributed by atoms with Crippen molar-refractivity contribution < 1.29 is 38.1 Å². The zero-order chi connectivity index (χ0) is 38.9. The molecule has 10 heteroatoms. The number of aliphatic hydroxyl groups excluding tert-OH is 2. The van der Waals surface area contributed by atoms with Crippen molar-refractivity contribution in [2.45, 2.75) is 91.6 Å². The maximum atomic E-state index is 13.3. The first-order chi connectivity index (χ1) is 25.8. The van der Waals surface area contributed by atoms with Crippen molar-refractivity contribution in [3.8, 4) is 0 Å². The lowest BCUT2D eigenvalue weighted by Gasteiger charge is -2.36. The Morgan fingerprint density at radius 1 is 0.648 bits per heavy atom. The number of ether oxygens (including phenoxy) is 2. The van der Waals surface area contributed by atoms with Crippen molar-refractivity contribution >= 4 is 24.1 Å². The Balaban J connectivity index is 1.35. The number of aliphatic hydroxyl groups is 2. The number of carbonyl (C=O) groups is 2. The first-order valence-electron chi connectivity index (χ1n) is 18.8. The molecular formula is C44H54N2O8. The lowest BCUT2D eigenvalue weighted by Crippen LogP contribution is -2.42. The number of esters is 2. The summed E-state index contributed by atoms with van der Waals surface area (Å²) in [5, 5.41) is 21.8. The molecule has 2 aromatic rings. The lowest BCUT2D eigenvalue weighted by atomic mass is 9.79. The first kappa shape index (κ1) is 40.4. The lowest BCUT2D eigenvalue weighted by molar-refractivity contribution is -0.0461. The molecule has 2 aliphatic carbocycles. The van der Waals surface area contributed by atoms with E-state index in [1.807, 2.05) is 78.0 Å². The van der Waals surface area contributed by atoms with Crippen LogP contribution in [0.3, 0.4) is 0 Å². The van der Waals surface area contributed by atoms with Gasteiger partial charge in [-0.25, -0.2) is 19.6 Å². The average molecular weight is 739 g/mol. The van der Waals surface area contributed by atoms with Crippen molar-refractivity contribution in [2.24, 2.45) is 34.5 Å². The van der Waals surface area contributed by atoms with E-state index >= 15 is 0 Å². The Hall–Kier alpha value is -4.80. The topological polar surface area (TPSA) is 145 Å². The monoisotopic (exact) mass is 738 g/mol. The molecule has 2 N–H and O–H groups in total. The van der Waals surface area contributed by atoms with Crippen LogP contribution in [0.2, 0.25) is 0 Å². The molecular weight excluding hydrogens is 684 g/mol. The van der Waals surface area contributed by atoms with Crippen LogP contribution < -0.4 is 0 Å². The quantitative estimate of drug-likeness (QED) is 0.218. The van der Waals surface area contributed by atoms with Crippen LogP contribution in [0.5, 0.6) is 0 Å². The molecule has 3 aliphatic rings. The largest absolute Gasteiger partial charge is 0.457 e. The summed E-state index contributed by atoms with van der Waals surface area (Å²) in [6.07, 6.45) is 32.7. The molecule has 0 saturated heterocycles. The van der Waals surface area contributed by atoms with E-state index in [1.54, 1.807) is 36.5 Å². The number of hydrogen-bond acceptors (Lipinski definition) is 10. The predicted molar refractivity (Wildman–Crippen MR) is 208 cm³/mol. The van der Waals surface area contributed by atoms with Gasteiger partial charge >= 0.3 is 11.9 Å². The summed E-state index contributed by atoms with van der Waals surface area (Å²) in [4.78, 5) is 35.2. The van der Waals surface area contributed by atoms with Crippen molar-refractivity contribution in [1.29, 1.82) is 0 Å². The van der Waals surface area contributed by atoms with Gasteiger partial charge in [0.05, 0.1) is 12.2 Å². The Bertz CT molecular complexity index is 1700. The highest BCUT2D eigenvalue weighted by atomic mass is 16.6. The maximum Gasteiger partial charge on any atom is 0.360 e.